The summed E-state index contributed by atoms with van der Waals surface area (Å²) in [6.45, 7) is 2.07. The summed E-state index contributed by atoms with van der Waals surface area (Å²) in [4.78, 5) is 8.03. The van der Waals surface area contributed by atoms with Crippen LogP contribution in [-0.4, -0.2) is 29.2 Å². The third-order valence-electron chi connectivity index (χ3n) is 2.39. The predicted molar refractivity (Wildman–Crippen MR) is 58.2 cm³/mol. The van der Waals surface area contributed by atoms with Crippen molar-refractivity contribution in [2.45, 2.75) is 25.4 Å². The van der Waals surface area contributed by atoms with Gasteiger partial charge in [0.05, 0.1) is 17.4 Å². The van der Waals surface area contributed by atoms with Gasteiger partial charge in [-0.15, -0.1) is 0 Å². The zero-order chi connectivity index (χ0) is 10.5. The largest absolute Gasteiger partial charge is 0.460 e. The minimum absolute atomic E-state index is 0.223. The molecule has 1 saturated heterocycles. The van der Waals surface area contributed by atoms with Gasteiger partial charge < -0.3 is 10.1 Å². The summed E-state index contributed by atoms with van der Waals surface area (Å²) >= 11 is 5.69. The zero-order valence-corrected chi connectivity index (χ0v) is 9.20. The van der Waals surface area contributed by atoms with Gasteiger partial charge >= 0.3 is 6.01 Å². The highest BCUT2D eigenvalue weighted by molar-refractivity contribution is 6.30. The highest BCUT2D eigenvalue weighted by Crippen LogP contribution is 2.14. The standard InChI is InChI=1S/C10H14ClN3O/c11-8-6-13-10(14-7-8)15-9-2-1-4-12-5-3-9/h6-7,9,12H,1-5H2. The maximum atomic E-state index is 5.69. The molecule has 0 saturated carbocycles. The number of hydrogen-bond donors (Lipinski definition) is 1. The Kier molecular flexibility index (Phi) is 3.75. The van der Waals surface area contributed by atoms with Crippen LogP contribution in [0, 0.1) is 0 Å². The monoisotopic (exact) mass is 227 g/mol. The molecule has 2 rings (SSSR count). The van der Waals surface area contributed by atoms with Gasteiger partial charge in [-0.2, -0.15) is 0 Å². The van der Waals surface area contributed by atoms with Crippen LogP contribution < -0.4 is 10.1 Å². The smallest absolute Gasteiger partial charge is 0.316 e. The number of nitrogens with zero attached hydrogens (tertiary/aromatic N) is 2. The lowest BCUT2D eigenvalue weighted by Crippen LogP contribution is -2.20. The first-order valence-corrected chi connectivity index (χ1v) is 5.57. The van der Waals surface area contributed by atoms with E-state index in [1.54, 1.807) is 12.4 Å². The van der Waals surface area contributed by atoms with E-state index in [1.807, 2.05) is 0 Å². The molecule has 0 radical (unpaired) electrons. The number of aromatic nitrogens is 2. The minimum Gasteiger partial charge on any atom is -0.460 e. The van der Waals surface area contributed by atoms with Crippen molar-refractivity contribution in [3.63, 3.8) is 0 Å². The number of nitrogens with one attached hydrogen (secondary N) is 1. The SMILES string of the molecule is Clc1cnc(OC2CCCNCC2)nc1. The Bertz CT molecular complexity index is 296. The molecule has 82 valence electrons. The Balaban J connectivity index is 1.92. The van der Waals surface area contributed by atoms with Gasteiger partial charge in [0.1, 0.15) is 6.10 Å². The lowest BCUT2D eigenvalue weighted by Gasteiger charge is -2.14. The summed E-state index contributed by atoms with van der Waals surface area (Å²) in [6.07, 6.45) is 6.53. The fraction of sp³-hybridized carbons (Fsp3) is 0.600. The molecule has 1 fully saturated rings. The number of halogens is 1. The molecule has 0 amide bonds. The molecule has 15 heavy (non-hydrogen) atoms. The van der Waals surface area contributed by atoms with Crippen LogP contribution in [0.15, 0.2) is 12.4 Å². The van der Waals surface area contributed by atoms with E-state index >= 15 is 0 Å². The average Bonchev–Trinajstić information content (AvgIpc) is 2.50. The molecule has 1 aliphatic heterocycles. The molecule has 0 aliphatic carbocycles. The van der Waals surface area contributed by atoms with Gasteiger partial charge in [-0.25, -0.2) is 9.97 Å². The number of hydrogen-bond acceptors (Lipinski definition) is 4. The average molecular weight is 228 g/mol. The summed E-state index contributed by atoms with van der Waals surface area (Å²) in [6, 6.07) is 0.423. The van der Waals surface area contributed by atoms with Crippen molar-refractivity contribution in [1.82, 2.24) is 15.3 Å². The molecule has 1 aromatic heterocycles. The van der Waals surface area contributed by atoms with E-state index in [-0.39, 0.29) is 6.10 Å². The van der Waals surface area contributed by atoms with Crippen molar-refractivity contribution in [1.29, 1.82) is 0 Å². The maximum Gasteiger partial charge on any atom is 0.316 e. The van der Waals surface area contributed by atoms with Gasteiger partial charge in [-0.05, 0) is 32.4 Å². The molecule has 0 aromatic carbocycles. The van der Waals surface area contributed by atoms with Crippen molar-refractivity contribution >= 4 is 11.6 Å². The van der Waals surface area contributed by atoms with E-state index in [4.69, 9.17) is 16.3 Å². The second-order valence-corrected chi connectivity index (χ2v) is 4.04. The van der Waals surface area contributed by atoms with Crippen molar-refractivity contribution < 1.29 is 4.74 Å². The minimum atomic E-state index is 0.223. The topological polar surface area (TPSA) is 47.0 Å². The Hall–Kier alpha value is -0.870. The summed E-state index contributed by atoms with van der Waals surface area (Å²) in [5.41, 5.74) is 0. The van der Waals surface area contributed by atoms with E-state index in [0.29, 0.717) is 11.0 Å². The Morgan fingerprint density at radius 1 is 1.27 bits per heavy atom. The van der Waals surface area contributed by atoms with Gasteiger partial charge in [-0.3, -0.25) is 0 Å². The Morgan fingerprint density at radius 2 is 2.07 bits per heavy atom. The first-order valence-electron chi connectivity index (χ1n) is 5.19. The second-order valence-electron chi connectivity index (χ2n) is 3.60. The zero-order valence-electron chi connectivity index (χ0n) is 8.45. The molecule has 1 N–H and O–H groups in total. The van der Waals surface area contributed by atoms with Gasteiger partial charge in [0.2, 0.25) is 0 Å². The molecule has 1 aromatic rings. The number of rotatable bonds is 2. The first-order chi connectivity index (χ1) is 7.34. The highest BCUT2D eigenvalue weighted by Gasteiger charge is 2.14. The molecule has 1 atom stereocenters. The van der Waals surface area contributed by atoms with Crippen LogP contribution in [0.2, 0.25) is 5.02 Å². The Morgan fingerprint density at radius 3 is 2.87 bits per heavy atom. The molecular weight excluding hydrogens is 214 g/mol. The molecule has 0 spiro atoms. The fourth-order valence-corrected chi connectivity index (χ4v) is 1.71. The lowest BCUT2D eigenvalue weighted by molar-refractivity contribution is 0.171. The highest BCUT2D eigenvalue weighted by atomic mass is 35.5. The summed E-state index contributed by atoms with van der Waals surface area (Å²) in [7, 11) is 0. The molecule has 2 heterocycles. The van der Waals surface area contributed by atoms with Crippen LogP contribution in [-0.2, 0) is 0 Å². The third kappa shape index (κ3) is 3.32. The van der Waals surface area contributed by atoms with Gasteiger partial charge in [0.25, 0.3) is 0 Å². The van der Waals surface area contributed by atoms with Crippen LogP contribution in [0.1, 0.15) is 19.3 Å². The van der Waals surface area contributed by atoms with Gasteiger partial charge in [0.15, 0.2) is 0 Å². The van der Waals surface area contributed by atoms with Crippen LogP contribution in [0.3, 0.4) is 0 Å². The van der Waals surface area contributed by atoms with Crippen LogP contribution in [0.4, 0.5) is 0 Å². The molecule has 0 bridgehead atoms. The maximum absolute atomic E-state index is 5.69. The first kappa shape index (κ1) is 10.6. The van der Waals surface area contributed by atoms with Crippen molar-refractivity contribution in [3.8, 4) is 6.01 Å². The van der Waals surface area contributed by atoms with E-state index in [9.17, 15) is 0 Å². The van der Waals surface area contributed by atoms with E-state index in [1.165, 1.54) is 0 Å². The normalized spacial score (nSPS) is 22.1. The summed E-state index contributed by atoms with van der Waals surface area (Å²) in [5.74, 6) is 0. The predicted octanol–water partition coefficient (Wildman–Crippen LogP) is 1.65. The van der Waals surface area contributed by atoms with Crippen molar-refractivity contribution in [2.24, 2.45) is 0 Å². The van der Waals surface area contributed by atoms with Crippen LogP contribution >= 0.6 is 11.6 Å². The summed E-state index contributed by atoms with van der Waals surface area (Å²) < 4.78 is 5.67. The molecule has 5 heteroatoms. The quantitative estimate of drug-likeness (QED) is 0.835. The van der Waals surface area contributed by atoms with E-state index in [0.717, 1.165) is 32.4 Å². The molecule has 1 unspecified atom stereocenters. The van der Waals surface area contributed by atoms with Gasteiger partial charge in [-0.1, -0.05) is 11.6 Å². The molecule has 1 aliphatic rings. The molecular formula is C10H14ClN3O. The van der Waals surface area contributed by atoms with Crippen LogP contribution in [0.25, 0.3) is 0 Å². The Labute approximate surface area is 94.0 Å². The van der Waals surface area contributed by atoms with Crippen molar-refractivity contribution in [2.75, 3.05) is 13.1 Å². The number of ether oxygens (including phenoxy) is 1. The van der Waals surface area contributed by atoms with E-state index < -0.39 is 0 Å². The van der Waals surface area contributed by atoms with Gasteiger partial charge in [0, 0.05) is 0 Å². The fourth-order valence-electron chi connectivity index (χ4n) is 1.62. The molecule has 4 nitrogen and oxygen atoms in total. The lowest BCUT2D eigenvalue weighted by atomic mass is 10.2. The third-order valence-corrected chi connectivity index (χ3v) is 2.59. The second kappa shape index (κ2) is 5.28. The van der Waals surface area contributed by atoms with E-state index in [2.05, 4.69) is 15.3 Å². The summed E-state index contributed by atoms with van der Waals surface area (Å²) in [5, 5.41) is 3.86. The van der Waals surface area contributed by atoms with Crippen LogP contribution in [0.5, 0.6) is 6.01 Å². The van der Waals surface area contributed by atoms with Crippen molar-refractivity contribution in [3.05, 3.63) is 17.4 Å².